The van der Waals surface area contributed by atoms with Crippen molar-refractivity contribution >= 4 is 16.1 Å². The minimum Gasteiger partial charge on any atom is -0.339 e. The molecule has 0 saturated carbocycles. The molecule has 1 aliphatic heterocycles. The fraction of sp³-hybridized carbons (Fsp3) is 0.786. The zero-order chi connectivity index (χ0) is 16.0. The summed E-state index contributed by atoms with van der Waals surface area (Å²) in [5.41, 5.74) is 0. The molecule has 0 aromatic heterocycles. The largest absolute Gasteiger partial charge is 0.339 e. The van der Waals surface area contributed by atoms with Crippen molar-refractivity contribution in [3.63, 3.8) is 0 Å². The average molecular weight is 317 g/mol. The third kappa shape index (κ3) is 6.15. The van der Waals surface area contributed by atoms with Crippen molar-refractivity contribution < 1.29 is 13.2 Å². The number of allylic oxidation sites excluding steroid dienone is 1. The van der Waals surface area contributed by atoms with E-state index in [1.165, 1.54) is 14.1 Å². The Hall–Kier alpha value is -0.920. The van der Waals surface area contributed by atoms with Crippen LogP contribution < -0.4 is 4.72 Å². The molecule has 7 heteroatoms. The van der Waals surface area contributed by atoms with E-state index in [0.717, 1.165) is 23.7 Å². The second-order valence-electron chi connectivity index (χ2n) is 6.03. The third-order valence-electron chi connectivity index (χ3n) is 3.49. The molecule has 1 fully saturated rings. The van der Waals surface area contributed by atoms with Gasteiger partial charge >= 0.3 is 0 Å². The van der Waals surface area contributed by atoms with Gasteiger partial charge in [0.15, 0.2) is 0 Å². The Bertz CT molecular complexity index is 472. The molecule has 1 saturated heterocycles. The molecular weight excluding hydrogens is 290 g/mol. The Morgan fingerprint density at radius 1 is 1.43 bits per heavy atom. The van der Waals surface area contributed by atoms with Crippen LogP contribution in [0.5, 0.6) is 0 Å². The fourth-order valence-electron chi connectivity index (χ4n) is 2.16. The maximum absolute atomic E-state index is 12.0. The summed E-state index contributed by atoms with van der Waals surface area (Å²) >= 11 is 0. The lowest BCUT2D eigenvalue weighted by atomic mass is 9.98. The highest BCUT2D eigenvalue weighted by atomic mass is 32.2. The van der Waals surface area contributed by atoms with Gasteiger partial charge in [-0.1, -0.05) is 19.9 Å². The van der Waals surface area contributed by atoms with E-state index in [2.05, 4.69) is 4.72 Å². The Morgan fingerprint density at radius 2 is 2.10 bits per heavy atom. The van der Waals surface area contributed by atoms with Gasteiger partial charge < -0.3 is 4.90 Å². The SMILES string of the molecule is CC(C)/C=C/C(=O)N1CCCC(CNS(=O)(=O)N(C)C)C1. The van der Waals surface area contributed by atoms with Crippen LogP contribution in [0.25, 0.3) is 0 Å². The highest BCUT2D eigenvalue weighted by Gasteiger charge is 2.24. The third-order valence-corrected chi connectivity index (χ3v) is 4.98. The number of rotatable bonds is 6. The van der Waals surface area contributed by atoms with Gasteiger partial charge in [0.2, 0.25) is 5.91 Å². The summed E-state index contributed by atoms with van der Waals surface area (Å²) in [6.45, 7) is 5.78. The van der Waals surface area contributed by atoms with Crippen LogP contribution >= 0.6 is 0 Å². The smallest absolute Gasteiger partial charge is 0.278 e. The lowest BCUT2D eigenvalue weighted by molar-refractivity contribution is -0.127. The van der Waals surface area contributed by atoms with Crippen LogP contribution in [0.4, 0.5) is 0 Å². The molecule has 1 rings (SSSR count). The summed E-state index contributed by atoms with van der Waals surface area (Å²) in [5.74, 6) is 0.537. The highest BCUT2D eigenvalue weighted by Crippen LogP contribution is 2.16. The molecule has 6 nitrogen and oxygen atoms in total. The number of piperidine rings is 1. The molecule has 0 aromatic rings. The zero-order valence-corrected chi connectivity index (χ0v) is 14.2. The molecule has 1 atom stereocenters. The van der Waals surface area contributed by atoms with Gasteiger partial charge in [-0.2, -0.15) is 12.7 Å². The lowest BCUT2D eigenvalue weighted by Gasteiger charge is -2.32. The number of carbonyl (C=O) groups is 1. The second-order valence-corrected chi connectivity index (χ2v) is 8.00. The van der Waals surface area contributed by atoms with Gasteiger partial charge in [-0.25, -0.2) is 4.72 Å². The Labute approximate surface area is 128 Å². The molecule has 0 aliphatic carbocycles. The number of hydrogen-bond donors (Lipinski definition) is 1. The van der Waals surface area contributed by atoms with Crippen LogP contribution in [-0.2, 0) is 15.0 Å². The predicted octanol–water partition coefficient (Wildman–Crippen LogP) is 0.833. The normalized spacial score (nSPS) is 20.7. The van der Waals surface area contributed by atoms with Crippen LogP contribution in [0.3, 0.4) is 0 Å². The maximum atomic E-state index is 12.0. The van der Waals surface area contributed by atoms with Crippen LogP contribution in [-0.4, -0.2) is 57.3 Å². The van der Waals surface area contributed by atoms with Crippen molar-refractivity contribution in [1.29, 1.82) is 0 Å². The van der Waals surface area contributed by atoms with Gasteiger partial charge in [-0.15, -0.1) is 0 Å². The summed E-state index contributed by atoms with van der Waals surface area (Å²) < 4.78 is 27.1. The van der Waals surface area contributed by atoms with E-state index in [4.69, 9.17) is 0 Å². The van der Waals surface area contributed by atoms with E-state index < -0.39 is 10.2 Å². The number of carbonyl (C=O) groups excluding carboxylic acids is 1. The van der Waals surface area contributed by atoms with Crippen LogP contribution in [0, 0.1) is 11.8 Å². The highest BCUT2D eigenvalue weighted by molar-refractivity contribution is 7.87. The molecule has 0 radical (unpaired) electrons. The van der Waals surface area contributed by atoms with E-state index in [1.54, 1.807) is 11.0 Å². The molecule has 1 N–H and O–H groups in total. The van der Waals surface area contributed by atoms with Crippen molar-refractivity contribution in [1.82, 2.24) is 13.9 Å². The summed E-state index contributed by atoms with van der Waals surface area (Å²) in [7, 11) is -0.399. The van der Waals surface area contributed by atoms with Crippen molar-refractivity contribution in [2.24, 2.45) is 11.8 Å². The Balaban J connectivity index is 2.51. The number of amides is 1. The summed E-state index contributed by atoms with van der Waals surface area (Å²) in [6, 6.07) is 0. The van der Waals surface area contributed by atoms with Crippen molar-refractivity contribution in [2.75, 3.05) is 33.7 Å². The standard InChI is InChI=1S/C14H27N3O3S/c1-12(2)7-8-14(18)17-9-5-6-13(11-17)10-15-21(19,20)16(3)4/h7-8,12-13,15H,5-6,9-11H2,1-4H3/b8-7+. The number of nitrogens with zero attached hydrogens (tertiary/aromatic N) is 2. The molecule has 0 bridgehead atoms. The van der Waals surface area contributed by atoms with E-state index >= 15 is 0 Å². The first-order valence-corrected chi connectivity index (χ1v) is 8.80. The monoisotopic (exact) mass is 317 g/mol. The van der Waals surface area contributed by atoms with Gasteiger partial charge in [0.25, 0.3) is 10.2 Å². The topological polar surface area (TPSA) is 69.7 Å². The molecule has 0 spiro atoms. The first-order valence-electron chi connectivity index (χ1n) is 7.36. The molecule has 0 aromatic carbocycles. The van der Waals surface area contributed by atoms with Crippen molar-refractivity contribution in [3.05, 3.63) is 12.2 Å². The molecule has 1 amide bonds. The number of likely N-dealkylation sites (tertiary alicyclic amines) is 1. The van der Waals surface area contributed by atoms with Crippen LogP contribution in [0.1, 0.15) is 26.7 Å². The quantitative estimate of drug-likeness (QED) is 0.738. The first kappa shape index (κ1) is 18.1. The molecule has 1 aliphatic rings. The van der Waals surface area contributed by atoms with E-state index in [9.17, 15) is 13.2 Å². The van der Waals surface area contributed by atoms with E-state index in [1.807, 2.05) is 19.9 Å². The van der Waals surface area contributed by atoms with E-state index in [0.29, 0.717) is 19.0 Å². The van der Waals surface area contributed by atoms with E-state index in [-0.39, 0.29) is 11.8 Å². The van der Waals surface area contributed by atoms with Gasteiger partial charge in [0, 0.05) is 33.7 Å². The zero-order valence-electron chi connectivity index (χ0n) is 13.4. The minimum absolute atomic E-state index is 0.0175. The molecule has 21 heavy (non-hydrogen) atoms. The lowest BCUT2D eigenvalue weighted by Crippen LogP contribution is -2.45. The van der Waals surface area contributed by atoms with Crippen molar-refractivity contribution in [2.45, 2.75) is 26.7 Å². The van der Waals surface area contributed by atoms with Gasteiger partial charge in [0.1, 0.15) is 0 Å². The Morgan fingerprint density at radius 3 is 2.67 bits per heavy atom. The van der Waals surface area contributed by atoms with Crippen LogP contribution in [0.2, 0.25) is 0 Å². The summed E-state index contributed by atoms with van der Waals surface area (Å²) in [6.07, 6.45) is 5.36. The minimum atomic E-state index is -3.39. The van der Waals surface area contributed by atoms with Crippen molar-refractivity contribution in [3.8, 4) is 0 Å². The fourth-order valence-corrected chi connectivity index (χ4v) is 2.87. The maximum Gasteiger partial charge on any atom is 0.278 e. The Kier molecular flexibility index (Phi) is 6.83. The summed E-state index contributed by atoms with van der Waals surface area (Å²) in [4.78, 5) is 13.9. The van der Waals surface area contributed by atoms with Gasteiger partial charge in [0.05, 0.1) is 0 Å². The summed E-state index contributed by atoms with van der Waals surface area (Å²) in [5, 5.41) is 0. The average Bonchev–Trinajstić information content (AvgIpc) is 2.42. The molecule has 122 valence electrons. The predicted molar refractivity (Wildman–Crippen MR) is 83.9 cm³/mol. The van der Waals surface area contributed by atoms with Gasteiger partial charge in [-0.05, 0) is 30.8 Å². The number of nitrogens with one attached hydrogen (secondary N) is 1. The first-order chi connectivity index (χ1) is 9.72. The van der Waals surface area contributed by atoms with Gasteiger partial charge in [-0.3, -0.25) is 4.79 Å². The van der Waals surface area contributed by atoms with Crippen LogP contribution in [0.15, 0.2) is 12.2 Å². The molecule has 1 heterocycles. The molecule has 1 unspecified atom stereocenters. The molecular formula is C14H27N3O3S. The second kappa shape index (κ2) is 7.91. The number of hydrogen-bond acceptors (Lipinski definition) is 3.